The average Bonchev–Trinajstić information content (AvgIpc) is 3.30. The van der Waals surface area contributed by atoms with Crippen LogP contribution in [0.5, 0.6) is 0 Å². The van der Waals surface area contributed by atoms with Crippen LogP contribution in [0.1, 0.15) is 23.2 Å². The van der Waals surface area contributed by atoms with Gasteiger partial charge < -0.3 is 0 Å². The summed E-state index contributed by atoms with van der Waals surface area (Å²) in [5.74, 6) is -0.457. The number of rotatable bonds is 6. The second kappa shape index (κ2) is 8.79. The molecule has 0 radical (unpaired) electrons. The van der Waals surface area contributed by atoms with E-state index in [0.29, 0.717) is 36.4 Å². The third-order valence-electron chi connectivity index (χ3n) is 5.54. The van der Waals surface area contributed by atoms with E-state index in [1.165, 1.54) is 24.3 Å². The Balaban J connectivity index is 1.37. The molecule has 4 rings (SSSR count). The molecule has 2 aromatic carbocycles. The minimum absolute atomic E-state index is 0.0830. The van der Waals surface area contributed by atoms with Gasteiger partial charge >= 0.3 is 0 Å². The van der Waals surface area contributed by atoms with Crippen molar-refractivity contribution in [3.63, 3.8) is 0 Å². The quantitative estimate of drug-likeness (QED) is 0.520. The Bertz CT molecular complexity index is 1100. The average molecular weight is 444 g/mol. The highest BCUT2D eigenvalue weighted by molar-refractivity contribution is 7.92. The predicted octanol–water partition coefficient (Wildman–Crippen LogP) is 4.68. The molecule has 0 N–H and O–H groups in total. The maximum Gasteiger partial charge on any atom is 0.181 e. The first-order valence-corrected chi connectivity index (χ1v) is 12.3. The summed E-state index contributed by atoms with van der Waals surface area (Å²) in [7, 11) is -3.41. The molecular formula is C23H22FNO3S2. The Kier molecular flexibility index (Phi) is 6.13. The van der Waals surface area contributed by atoms with Crippen LogP contribution in [-0.2, 0) is 9.84 Å². The van der Waals surface area contributed by atoms with Gasteiger partial charge in [-0.25, -0.2) is 12.8 Å². The number of hydrogen-bond acceptors (Lipinski definition) is 5. The fraction of sp³-hybridized carbons (Fsp3) is 0.261. The van der Waals surface area contributed by atoms with Crippen molar-refractivity contribution >= 4 is 27.0 Å². The van der Waals surface area contributed by atoms with E-state index >= 15 is 0 Å². The number of carbonyl (C=O) groups is 1. The molecule has 0 unspecified atom stereocenters. The van der Waals surface area contributed by atoms with Gasteiger partial charge in [-0.2, -0.15) is 11.3 Å². The molecule has 1 aliphatic heterocycles. The third-order valence-corrected chi connectivity index (χ3v) is 8.51. The highest BCUT2D eigenvalue weighted by atomic mass is 32.2. The lowest BCUT2D eigenvalue weighted by Crippen LogP contribution is -2.41. The van der Waals surface area contributed by atoms with Crippen LogP contribution in [0.3, 0.4) is 0 Å². The molecule has 1 fully saturated rings. The second-order valence-corrected chi connectivity index (χ2v) is 10.5. The SMILES string of the molecule is O=C(CN1CCC(S(=O)(=O)c2ccc(-c3ccsc3)cc2)CC1)c1ccc(F)cc1. The van der Waals surface area contributed by atoms with Crippen molar-refractivity contribution < 1.29 is 17.6 Å². The molecule has 0 aliphatic carbocycles. The van der Waals surface area contributed by atoms with Crippen molar-refractivity contribution in [2.45, 2.75) is 23.0 Å². The Labute approximate surface area is 179 Å². The van der Waals surface area contributed by atoms with Gasteiger partial charge in [0.25, 0.3) is 0 Å². The molecule has 30 heavy (non-hydrogen) atoms. The van der Waals surface area contributed by atoms with E-state index in [2.05, 4.69) is 0 Å². The molecule has 3 aromatic rings. The zero-order valence-electron chi connectivity index (χ0n) is 16.3. The van der Waals surface area contributed by atoms with Gasteiger partial charge in [-0.3, -0.25) is 9.69 Å². The number of likely N-dealkylation sites (tertiary alicyclic amines) is 1. The van der Waals surface area contributed by atoms with Crippen LogP contribution < -0.4 is 0 Å². The summed E-state index contributed by atoms with van der Waals surface area (Å²) >= 11 is 1.61. The number of Topliss-reactive ketones (excluding diaryl/α,β-unsaturated/α-hetero) is 1. The molecule has 0 spiro atoms. The third kappa shape index (κ3) is 4.53. The van der Waals surface area contributed by atoms with Crippen molar-refractivity contribution in [2.24, 2.45) is 0 Å². The Hall–Kier alpha value is -2.35. The number of nitrogens with zero attached hydrogens (tertiary/aromatic N) is 1. The van der Waals surface area contributed by atoms with Crippen LogP contribution in [-0.4, -0.2) is 44.0 Å². The van der Waals surface area contributed by atoms with Crippen LogP contribution >= 0.6 is 11.3 Å². The Morgan fingerprint density at radius 1 is 0.967 bits per heavy atom. The van der Waals surface area contributed by atoms with Crippen molar-refractivity contribution in [1.29, 1.82) is 0 Å². The van der Waals surface area contributed by atoms with Gasteiger partial charge in [-0.1, -0.05) is 12.1 Å². The molecule has 2 heterocycles. The number of sulfone groups is 1. The molecule has 156 valence electrons. The topological polar surface area (TPSA) is 54.5 Å². The maximum absolute atomic E-state index is 13.0. The number of benzene rings is 2. The summed E-state index contributed by atoms with van der Waals surface area (Å²) < 4.78 is 39.1. The normalized spacial score (nSPS) is 15.9. The highest BCUT2D eigenvalue weighted by Crippen LogP contribution is 2.28. The highest BCUT2D eigenvalue weighted by Gasteiger charge is 2.31. The fourth-order valence-corrected chi connectivity index (χ4v) is 6.16. The molecule has 0 bridgehead atoms. The zero-order valence-corrected chi connectivity index (χ0v) is 18.0. The molecule has 4 nitrogen and oxygen atoms in total. The summed E-state index contributed by atoms with van der Waals surface area (Å²) in [4.78, 5) is 14.7. The molecule has 0 amide bonds. The Morgan fingerprint density at radius 3 is 2.23 bits per heavy atom. The number of hydrogen-bond donors (Lipinski definition) is 0. The summed E-state index contributed by atoms with van der Waals surface area (Å²) in [6.45, 7) is 1.31. The van der Waals surface area contributed by atoms with Crippen molar-refractivity contribution in [3.05, 3.63) is 76.7 Å². The lowest BCUT2D eigenvalue weighted by molar-refractivity contribution is 0.0916. The standard InChI is InChI=1S/C23H22FNO3S2/c24-20-5-1-18(2-6-20)23(26)15-25-12-9-22(10-13-25)30(27,28)21-7-3-17(4-8-21)19-11-14-29-16-19/h1-8,11,14,16,22H,9-10,12-13,15H2. The summed E-state index contributed by atoms with van der Waals surface area (Å²) in [5.41, 5.74) is 2.56. The summed E-state index contributed by atoms with van der Waals surface area (Å²) in [5, 5.41) is 3.59. The summed E-state index contributed by atoms with van der Waals surface area (Å²) in [6.07, 6.45) is 0.983. The number of halogens is 1. The lowest BCUT2D eigenvalue weighted by Gasteiger charge is -2.31. The van der Waals surface area contributed by atoms with E-state index in [4.69, 9.17) is 0 Å². The van der Waals surface area contributed by atoms with E-state index < -0.39 is 15.1 Å². The number of ketones is 1. The first-order chi connectivity index (χ1) is 14.4. The zero-order chi connectivity index (χ0) is 21.1. The predicted molar refractivity (Wildman–Crippen MR) is 117 cm³/mol. The first-order valence-electron chi connectivity index (χ1n) is 9.81. The minimum atomic E-state index is -3.41. The molecule has 0 atom stereocenters. The van der Waals surface area contributed by atoms with Gasteiger partial charge in [0.1, 0.15) is 5.82 Å². The van der Waals surface area contributed by atoms with Gasteiger partial charge in [0, 0.05) is 5.56 Å². The van der Waals surface area contributed by atoms with E-state index in [1.54, 1.807) is 23.5 Å². The van der Waals surface area contributed by atoms with Crippen LogP contribution in [0, 0.1) is 5.82 Å². The van der Waals surface area contributed by atoms with Crippen molar-refractivity contribution in [3.8, 4) is 11.1 Å². The van der Waals surface area contributed by atoms with Crippen LogP contribution in [0.4, 0.5) is 4.39 Å². The van der Waals surface area contributed by atoms with E-state index in [9.17, 15) is 17.6 Å². The Morgan fingerprint density at radius 2 is 1.63 bits per heavy atom. The first kappa shape index (κ1) is 20.9. The number of piperidine rings is 1. The number of carbonyl (C=O) groups excluding carboxylic acids is 1. The second-order valence-electron chi connectivity index (χ2n) is 7.49. The maximum atomic E-state index is 13.0. The molecule has 7 heteroatoms. The molecular weight excluding hydrogens is 421 g/mol. The van der Waals surface area contributed by atoms with E-state index in [0.717, 1.165) is 11.1 Å². The molecule has 1 aromatic heterocycles. The largest absolute Gasteiger partial charge is 0.296 e. The van der Waals surface area contributed by atoms with Gasteiger partial charge in [0.2, 0.25) is 0 Å². The molecule has 1 aliphatic rings. The van der Waals surface area contributed by atoms with E-state index in [1.807, 2.05) is 33.9 Å². The van der Waals surface area contributed by atoms with Gasteiger partial charge in [-0.05, 0) is 90.3 Å². The van der Waals surface area contributed by atoms with Gasteiger partial charge in [0.15, 0.2) is 15.6 Å². The van der Waals surface area contributed by atoms with Crippen molar-refractivity contribution in [1.82, 2.24) is 4.90 Å². The minimum Gasteiger partial charge on any atom is -0.296 e. The summed E-state index contributed by atoms with van der Waals surface area (Å²) in [6, 6.07) is 14.6. The number of thiophene rings is 1. The van der Waals surface area contributed by atoms with Crippen LogP contribution in [0.15, 0.2) is 70.3 Å². The smallest absolute Gasteiger partial charge is 0.181 e. The van der Waals surface area contributed by atoms with E-state index in [-0.39, 0.29) is 18.1 Å². The monoisotopic (exact) mass is 443 g/mol. The molecule has 1 saturated heterocycles. The van der Waals surface area contributed by atoms with Crippen LogP contribution in [0.2, 0.25) is 0 Å². The van der Waals surface area contributed by atoms with Gasteiger partial charge in [0.05, 0.1) is 16.7 Å². The van der Waals surface area contributed by atoms with Gasteiger partial charge in [-0.15, -0.1) is 0 Å². The fourth-order valence-electron chi connectivity index (χ4n) is 3.77. The van der Waals surface area contributed by atoms with Crippen molar-refractivity contribution in [2.75, 3.05) is 19.6 Å². The lowest BCUT2D eigenvalue weighted by atomic mass is 10.1. The molecule has 0 saturated carbocycles. The van der Waals surface area contributed by atoms with Crippen LogP contribution in [0.25, 0.3) is 11.1 Å².